The van der Waals surface area contributed by atoms with Gasteiger partial charge in [0.05, 0.1) is 10.4 Å². The molecular weight excluding hydrogens is 313 g/mol. The van der Waals surface area contributed by atoms with Crippen molar-refractivity contribution in [2.75, 3.05) is 0 Å². The second-order valence-electron chi connectivity index (χ2n) is 4.56. The molecule has 3 rings (SSSR count). The molecular formula is C14H13Cl2N3S. The highest BCUT2D eigenvalue weighted by Crippen LogP contribution is 2.25. The molecule has 3 aromatic heterocycles. The fourth-order valence-electron chi connectivity index (χ4n) is 2.20. The lowest BCUT2D eigenvalue weighted by Gasteiger charge is -2.09. The lowest BCUT2D eigenvalue weighted by molar-refractivity contribution is 0.667. The third-order valence-corrected chi connectivity index (χ3v) is 4.44. The van der Waals surface area contributed by atoms with E-state index in [9.17, 15) is 0 Å². The molecule has 0 aromatic carbocycles. The Morgan fingerprint density at radius 1 is 1.45 bits per heavy atom. The zero-order valence-corrected chi connectivity index (χ0v) is 13.2. The highest BCUT2D eigenvalue weighted by molar-refractivity contribution is 7.09. The molecule has 3 heterocycles. The van der Waals surface area contributed by atoms with Gasteiger partial charge in [-0.25, -0.2) is 9.97 Å². The van der Waals surface area contributed by atoms with Crippen molar-refractivity contribution in [3.63, 3.8) is 0 Å². The van der Waals surface area contributed by atoms with E-state index >= 15 is 0 Å². The summed E-state index contributed by atoms with van der Waals surface area (Å²) < 4.78 is 2.09. The number of nitrogens with zero attached hydrogens (tertiary/aromatic N) is 3. The van der Waals surface area contributed by atoms with Crippen molar-refractivity contribution in [1.29, 1.82) is 0 Å². The van der Waals surface area contributed by atoms with Crippen LogP contribution in [0, 0.1) is 0 Å². The van der Waals surface area contributed by atoms with Gasteiger partial charge in [-0.05, 0) is 30.9 Å². The van der Waals surface area contributed by atoms with Gasteiger partial charge in [0.1, 0.15) is 11.3 Å². The molecule has 0 aliphatic heterocycles. The Labute approximate surface area is 131 Å². The molecule has 20 heavy (non-hydrogen) atoms. The minimum absolute atomic E-state index is 0.161. The Kier molecular flexibility index (Phi) is 3.96. The van der Waals surface area contributed by atoms with E-state index in [1.807, 2.05) is 13.0 Å². The van der Waals surface area contributed by atoms with E-state index in [1.54, 1.807) is 17.5 Å². The molecule has 6 heteroatoms. The molecule has 0 aliphatic carbocycles. The summed E-state index contributed by atoms with van der Waals surface area (Å²) in [4.78, 5) is 10.3. The van der Waals surface area contributed by atoms with Crippen LogP contribution in [0.3, 0.4) is 0 Å². The minimum atomic E-state index is -0.161. The number of hydrogen-bond acceptors (Lipinski definition) is 3. The maximum atomic E-state index is 6.24. The summed E-state index contributed by atoms with van der Waals surface area (Å²) in [5.41, 5.74) is 1.64. The first-order chi connectivity index (χ1) is 9.65. The molecule has 0 saturated carbocycles. The summed E-state index contributed by atoms with van der Waals surface area (Å²) in [6.45, 7) is 2.74. The first kappa shape index (κ1) is 13.9. The predicted octanol–water partition coefficient (Wildman–Crippen LogP) is 4.69. The topological polar surface area (TPSA) is 30.7 Å². The van der Waals surface area contributed by atoms with Gasteiger partial charge in [0.25, 0.3) is 0 Å². The quantitative estimate of drug-likeness (QED) is 0.651. The van der Waals surface area contributed by atoms with Crippen molar-refractivity contribution in [2.24, 2.45) is 0 Å². The molecule has 1 unspecified atom stereocenters. The van der Waals surface area contributed by atoms with Crippen molar-refractivity contribution in [1.82, 2.24) is 14.5 Å². The average Bonchev–Trinajstić information content (AvgIpc) is 3.02. The van der Waals surface area contributed by atoms with Crippen molar-refractivity contribution in [2.45, 2.75) is 25.3 Å². The summed E-state index contributed by atoms with van der Waals surface area (Å²) >= 11 is 14.0. The maximum Gasteiger partial charge on any atom is 0.160 e. The van der Waals surface area contributed by atoms with Crippen molar-refractivity contribution >= 4 is 45.7 Å². The summed E-state index contributed by atoms with van der Waals surface area (Å²) in [5.74, 6) is 0.841. The minimum Gasteiger partial charge on any atom is -0.311 e. The van der Waals surface area contributed by atoms with Crippen LogP contribution in [0.15, 0.2) is 29.8 Å². The van der Waals surface area contributed by atoms with E-state index in [4.69, 9.17) is 23.2 Å². The number of aryl methyl sites for hydroxylation is 2. The van der Waals surface area contributed by atoms with Gasteiger partial charge in [0.15, 0.2) is 5.65 Å². The van der Waals surface area contributed by atoms with Gasteiger partial charge in [0, 0.05) is 17.6 Å². The van der Waals surface area contributed by atoms with Crippen LogP contribution in [-0.4, -0.2) is 14.5 Å². The molecule has 1 atom stereocenters. The fraction of sp³-hybridized carbons (Fsp3) is 0.286. The lowest BCUT2D eigenvalue weighted by Crippen LogP contribution is -2.07. The van der Waals surface area contributed by atoms with Gasteiger partial charge < -0.3 is 4.57 Å². The molecule has 3 aromatic rings. The molecule has 104 valence electrons. The fourth-order valence-corrected chi connectivity index (χ4v) is 3.22. The number of alkyl halides is 1. The van der Waals surface area contributed by atoms with Crippen molar-refractivity contribution in [3.05, 3.63) is 45.5 Å². The summed E-state index contributed by atoms with van der Waals surface area (Å²) in [6.07, 6.45) is 2.60. The molecule has 0 fully saturated rings. The van der Waals surface area contributed by atoms with Crippen molar-refractivity contribution < 1.29 is 0 Å². The first-order valence-electron chi connectivity index (χ1n) is 6.33. The standard InChI is InChI=1S/C14H13Cl2N3S/c1-9(15)13-18-12-7-10(16)8-17-14(12)19(13)5-4-11-3-2-6-20-11/h2-3,6-9H,4-5H2,1H3. The molecule has 0 saturated heterocycles. The summed E-state index contributed by atoms with van der Waals surface area (Å²) in [6, 6.07) is 6.03. The van der Waals surface area contributed by atoms with Crippen LogP contribution in [0.4, 0.5) is 0 Å². The second-order valence-corrected chi connectivity index (χ2v) is 6.69. The monoisotopic (exact) mass is 325 g/mol. The molecule has 3 nitrogen and oxygen atoms in total. The number of fused-ring (bicyclic) bond motifs is 1. The lowest BCUT2D eigenvalue weighted by atomic mass is 10.3. The molecule has 0 bridgehead atoms. The van der Waals surface area contributed by atoms with E-state index in [1.165, 1.54) is 4.88 Å². The van der Waals surface area contributed by atoms with Gasteiger partial charge in [-0.2, -0.15) is 0 Å². The highest BCUT2D eigenvalue weighted by atomic mass is 35.5. The van der Waals surface area contributed by atoms with E-state index in [2.05, 4.69) is 32.0 Å². The predicted molar refractivity (Wildman–Crippen MR) is 84.8 cm³/mol. The Morgan fingerprint density at radius 2 is 2.30 bits per heavy atom. The van der Waals surface area contributed by atoms with Crippen LogP contribution in [0.5, 0.6) is 0 Å². The number of rotatable bonds is 4. The van der Waals surface area contributed by atoms with Gasteiger partial charge in [0.2, 0.25) is 0 Å². The zero-order valence-electron chi connectivity index (χ0n) is 10.9. The first-order valence-corrected chi connectivity index (χ1v) is 8.02. The van der Waals surface area contributed by atoms with Crippen molar-refractivity contribution in [3.8, 4) is 0 Å². The Morgan fingerprint density at radius 3 is 3.00 bits per heavy atom. The van der Waals surface area contributed by atoms with Crippen LogP contribution in [0.1, 0.15) is 23.0 Å². The number of hydrogen-bond donors (Lipinski definition) is 0. The van der Waals surface area contributed by atoms with Crippen LogP contribution in [-0.2, 0) is 13.0 Å². The van der Waals surface area contributed by atoms with Gasteiger partial charge >= 0.3 is 0 Å². The largest absolute Gasteiger partial charge is 0.311 e. The highest BCUT2D eigenvalue weighted by Gasteiger charge is 2.16. The summed E-state index contributed by atoms with van der Waals surface area (Å²) in [5, 5.41) is 2.52. The molecule has 0 radical (unpaired) electrons. The van der Waals surface area contributed by atoms with Gasteiger partial charge in [-0.1, -0.05) is 17.7 Å². The van der Waals surface area contributed by atoms with Crippen LogP contribution in [0.2, 0.25) is 5.02 Å². The van der Waals surface area contributed by atoms with E-state index in [-0.39, 0.29) is 5.38 Å². The normalized spacial score (nSPS) is 12.9. The Bertz CT molecular complexity index is 719. The van der Waals surface area contributed by atoms with E-state index < -0.39 is 0 Å². The molecule has 0 spiro atoms. The third-order valence-electron chi connectivity index (χ3n) is 3.10. The molecule has 0 N–H and O–H groups in total. The van der Waals surface area contributed by atoms with Gasteiger partial charge in [-0.15, -0.1) is 22.9 Å². The molecule has 0 aliphatic rings. The third kappa shape index (κ3) is 2.68. The number of imidazole rings is 1. The average molecular weight is 326 g/mol. The Balaban J connectivity index is 2.00. The SMILES string of the molecule is CC(Cl)c1nc2cc(Cl)cnc2n1CCc1cccs1. The van der Waals surface area contributed by atoms with Gasteiger partial charge in [-0.3, -0.25) is 0 Å². The maximum absolute atomic E-state index is 6.24. The van der Waals surface area contributed by atoms with Crippen LogP contribution < -0.4 is 0 Å². The summed E-state index contributed by atoms with van der Waals surface area (Å²) in [7, 11) is 0. The van der Waals surface area contributed by atoms with Crippen LogP contribution >= 0.6 is 34.5 Å². The zero-order chi connectivity index (χ0) is 14.1. The van der Waals surface area contributed by atoms with E-state index in [0.29, 0.717) is 5.02 Å². The number of aromatic nitrogens is 3. The van der Waals surface area contributed by atoms with E-state index in [0.717, 1.165) is 30.0 Å². The second kappa shape index (κ2) is 5.72. The Hall–Kier alpha value is -1.10. The molecule has 0 amide bonds. The smallest absolute Gasteiger partial charge is 0.160 e. The number of pyridine rings is 1. The number of halogens is 2. The number of thiophene rings is 1. The van der Waals surface area contributed by atoms with Crippen LogP contribution in [0.25, 0.3) is 11.2 Å².